The van der Waals surface area contributed by atoms with Crippen molar-refractivity contribution in [1.29, 1.82) is 0 Å². The van der Waals surface area contributed by atoms with Crippen molar-refractivity contribution in [3.63, 3.8) is 0 Å². The van der Waals surface area contributed by atoms with E-state index in [4.69, 9.17) is 4.74 Å². The Morgan fingerprint density at radius 3 is 2.64 bits per heavy atom. The second-order valence-corrected chi connectivity index (χ2v) is 11.0. The molecule has 12 heteroatoms. The number of methoxy groups -OCH3 is 1. The molecule has 1 aliphatic rings. The molecule has 2 atom stereocenters. The summed E-state index contributed by atoms with van der Waals surface area (Å²) in [5.41, 5.74) is 2.05. The van der Waals surface area contributed by atoms with E-state index in [0.717, 1.165) is 18.8 Å². The first kappa shape index (κ1) is 29.5. The van der Waals surface area contributed by atoms with Crippen LogP contribution in [0, 0.1) is 17.7 Å². The van der Waals surface area contributed by atoms with E-state index >= 15 is 0 Å². The Morgan fingerprint density at radius 1 is 1.14 bits per heavy atom. The number of fused-ring (bicyclic) bond motifs is 1. The summed E-state index contributed by atoms with van der Waals surface area (Å²) >= 11 is 1.20. The van der Waals surface area contributed by atoms with Crippen LogP contribution in [0.1, 0.15) is 23.3 Å². The normalized spacial score (nSPS) is 17.5. The molecule has 0 bridgehead atoms. The highest BCUT2D eigenvalue weighted by atomic mass is 32.1. The number of ether oxygens (including phenoxy) is 1. The lowest BCUT2D eigenvalue weighted by atomic mass is 10.0. The minimum absolute atomic E-state index is 0.121. The fourth-order valence-electron chi connectivity index (χ4n) is 4.85. The van der Waals surface area contributed by atoms with Crippen molar-refractivity contribution in [1.82, 2.24) is 14.9 Å². The summed E-state index contributed by atoms with van der Waals surface area (Å²) in [6.07, 6.45) is -3.41. The standard InChI is InChI=1S/C30H28F5N5OS/c1-40-12-10-20(14-27(40)32)39-24-6-3-5-21-22(15-30(33,34)35)26(42-28(21)24)7-4-11-36-23-9-8-18(13-25(23)41-2)29-37-16-19(31)17-38-29/h3,5-6,8-9,13,16-17,20,27,36,39H,10-12,14-15H2,1-2H3. The fraction of sp³-hybridized carbons (Fsp3) is 0.333. The largest absolute Gasteiger partial charge is 0.495 e. The number of halogens is 5. The summed E-state index contributed by atoms with van der Waals surface area (Å²) in [6, 6.07) is 10.2. The van der Waals surface area contributed by atoms with E-state index in [1.807, 2.05) is 6.07 Å². The van der Waals surface area contributed by atoms with Crippen molar-refractivity contribution >= 4 is 32.8 Å². The zero-order chi connectivity index (χ0) is 29.9. The number of anilines is 2. The van der Waals surface area contributed by atoms with E-state index < -0.39 is 24.7 Å². The zero-order valence-corrected chi connectivity index (χ0v) is 23.7. The van der Waals surface area contributed by atoms with Crippen LogP contribution in [0.4, 0.5) is 33.3 Å². The van der Waals surface area contributed by atoms with E-state index in [9.17, 15) is 22.0 Å². The maximum atomic E-state index is 14.3. The maximum absolute atomic E-state index is 14.3. The Bertz CT molecular complexity index is 1610. The molecule has 2 aromatic heterocycles. The Morgan fingerprint density at radius 2 is 1.93 bits per heavy atom. The topological polar surface area (TPSA) is 62.3 Å². The molecule has 3 heterocycles. The molecule has 5 rings (SSSR count). The molecule has 2 N–H and O–H groups in total. The number of benzene rings is 2. The molecule has 1 fully saturated rings. The number of hydrogen-bond acceptors (Lipinski definition) is 7. The van der Waals surface area contributed by atoms with Crippen molar-refractivity contribution in [2.45, 2.75) is 37.8 Å². The SMILES string of the molecule is COc1cc(-c2ncc(F)cn2)ccc1NCC#Cc1sc2c(NC3CCN(C)C(F)C3)cccc2c1CC(F)(F)F. The molecular weight excluding hydrogens is 573 g/mol. The molecule has 0 amide bonds. The molecule has 0 aliphatic carbocycles. The van der Waals surface area contributed by atoms with E-state index in [1.54, 1.807) is 42.3 Å². The van der Waals surface area contributed by atoms with Crippen LogP contribution in [-0.4, -0.2) is 60.6 Å². The van der Waals surface area contributed by atoms with Crippen LogP contribution in [0.5, 0.6) is 5.75 Å². The summed E-state index contributed by atoms with van der Waals surface area (Å²) in [5, 5.41) is 6.98. The predicted molar refractivity (Wildman–Crippen MR) is 155 cm³/mol. The van der Waals surface area contributed by atoms with Crippen molar-refractivity contribution in [3.8, 4) is 29.0 Å². The Hall–Kier alpha value is -3.95. The van der Waals surface area contributed by atoms with E-state index in [0.29, 0.717) is 56.4 Å². The molecule has 42 heavy (non-hydrogen) atoms. The quantitative estimate of drug-likeness (QED) is 0.137. The smallest absolute Gasteiger partial charge is 0.393 e. The van der Waals surface area contributed by atoms with Crippen LogP contribution in [0.2, 0.25) is 0 Å². The van der Waals surface area contributed by atoms with Crippen LogP contribution in [-0.2, 0) is 6.42 Å². The number of rotatable bonds is 7. The van der Waals surface area contributed by atoms with Gasteiger partial charge in [-0.15, -0.1) is 11.3 Å². The van der Waals surface area contributed by atoms with Gasteiger partial charge in [0.1, 0.15) is 5.75 Å². The van der Waals surface area contributed by atoms with E-state index in [-0.39, 0.29) is 18.2 Å². The van der Waals surface area contributed by atoms with E-state index in [2.05, 4.69) is 32.4 Å². The van der Waals surface area contributed by atoms with Gasteiger partial charge in [-0.1, -0.05) is 24.0 Å². The van der Waals surface area contributed by atoms with Gasteiger partial charge in [-0.3, -0.25) is 4.90 Å². The van der Waals surface area contributed by atoms with Gasteiger partial charge in [-0.05, 0) is 48.7 Å². The summed E-state index contributed by atoms with van der Waals surface area (Å²) in [6.45, 7) is 0.733. The number of nitrogens with one attached hydrogen (secondary N) is 2. The Kier molecular flexibility index (Phi) is 8.80. The van der Waals surface area contributed by atoms with Crippen LogP contribution in [0.3, 0.4) is 0 Å². The van der Waals surface area contributed by atoms with Gasteiger partial charge in [-0.25, -0.2) is 18.7 Å². The first-order valence-corrected chi connectivity index (χ1v) is 14.0. The number of hydrogen-bond donors (Lipinski definition) is 2. The highest BCUT2D eigenvalue weighted by molar-refractivity contribution is 7.20. The third-order valence-corrected chi connectivity index (χ3v) is 8.19. The summed E-state index contributed by atoms with van der Waals surface area (Å²) in [7, 11) is 3.23. The van der Waals surface area contributed by atoms with Crippen molar-refractivity contribution < 1.29 is 26.7 Å². The van der Waals surface area contributed by atoms with Crippen LogP contribution in [0.15, 0.2) is 48.8 Å². The Labute approximate surface area is 243 Å². The monoisotopic (exact) mass is 601 g/mol. The highest BCUT2D eigenvalue weighted by Crippen LogP contribution is 2.39. The molecule has 2 unspecified atom stereocenters. The van der Waals surface area contributed by atoms with Crippen molar-refractivity contribution in [2.24, 2.45) is 0 Å². The van der Waals surface area contributed by atoms with Gasteiger partial charge in [0.2, 0.25) is 0 Å². The summed E-state index contributed by atoms with van der Waals surface area (Å²) < 4.78 is 74.3. The van der Waals surface area contributed by atoms with Crippen molar-refractivity contribution in [2.75, 3.05) is 37.9 Å². The molecule has 4 aromatic rings. The third-order valence-electron chi connectivity index (χ3n) is 6.99. The third kappa shape index (κ3) is 6.91. The zero-order valence-electron chi connectivity index (χ0n) is 22.9. The second kappa shape index (κ2) is 12.5. The van der Waals surface area contributed by atoms with Gasteiger partial charge in [-0.2, -0.15) is 13.2 Å². The van der Waals surface area contributed by atoms with Gasteiger partial charge < -0.3 is 15.4 Å². The lowest BCUT2D eigenvalue weighted by Crippen LogP contribution is -2.41. The summed E-state index contributed by atoms with van der Waals surface area (Å²) in [4.78, 5) is 9.93. The van der Waals surface area contributed by atoms with Gasteiger partial charge >= 0.3 is 6.18 Å². The molecule has 0 saturated carbocycles. The van der Waals surface area contributed by atoms with Crippen LogP contribution < -0.4 is 15.4 Å². The highest BCUT2D eigenvalue weighted by Gasteiger charge is 2.31. The number of alkyl halides is 4. The number of thiophene rings is 1. The minimum Gasteiger partial charge on any atom is -0.495 e. The summed E-state index contributed by atoms with van der Waals surface area (Å²) in [5.74, 6) is 6.13. The number of nitrogens with zero attached hydrogens (tertiary/aromatic N) is 3. The van der Waals surface area contributed by atoms with Gasteiger partial charge in [0.25, 0.3) is 0 Å². The fourth-order valence-corrected chi connectivity index (χ4v) is 6.02. The number of piperidine rings is 1. The first-order valence-electron chi connectivity index (χ1n) is 13.2. The minimum atomic E-state index is -4.41. The maximum Gasteiger partial charge on any atom is 0.393 e. The molecule has 0 radical (unpaired) electrons. The van der Waals surface area contributed by atoms with Crippen LogP contribution >= 0.6 is 11.3 Å². The average Bonchev–Trinajstić information content (AvgIpc) is 3.30. The van der Waals surface area contributed by atoms with Gasteiger partial charge in [0, 0.05) is 24.6 Å². The first-order chi connectivity index (χ1) is 20.1. The lowest BCUT2D eigenvalue weighted by molar-refractivity contribution is -0.126. The molecule has 1 aliphatic heterocycles. The number of likely N-dealkylation sites (tertiary alicyclic amines) is 1. The Balaban J connectivity index is 1.37. The molecule has 220 valence electrons. The van der Waals surface area contributed by atoms with Crippen molar-refractivity contribution in [3.05, 3.63) is 65.0 Å². The molecule has 0 spiro atoms. The molecule has 6 nitrogen and oxygen atoms in total. The van der Waals surface area contributed by atoms with Gasteiger partial charge in [0.05, 0.1) is 53.4 Å². The van der Waals surface area contributed by atoms with E-state index in [1.165, 1.54) is 18.4 Å². The number of aromatic nitrogens is 2. The van der Waals surface area contributed by atoms with Crippen LogP contribution in [0.25, 0.3) is 21.5 Å². The molecule has 1 saturated heterocycles. The lowest BCUT2D eigenvalue weighted by Gasteiger charge is -2.33. The molecule has 2 aromatic carbocycles. The second-order valence-electron chi connectivity index (χ2n) is 9.96. The molecular formula is C30H28F5N5OS. The average molecular weight is 602 g/mol. The van der Waals surface area contributed by atoms with Gasteiger partial charge in [0.15, 0.2) is 17.9 Å². The predicted octanol–water partition coefficient (Wildman–Crippen LogP) is 6.88.